The number of H-pyrrole nitrogens is 1. The second kappa shape index (κ2) is 6.51. The zero-order chi connectivity index (χ0) is 18.1. The van der Waals surface area contributed by atoms with Gasteiger partial charge in [0, 0.05) is 29.6 Å². The first kappa shape index (κ1) is 16.1. The van der Waals surface area contributed by atoms with E-state index in [1.807, 2.05) is 24.3 Å². The van der Waals surface area contributed by atoms with Crippen LogP contribution in [0, 0.1) is 0 Å². The highest BCUT2D eigenvalue weighted by Crippen LogP contribution is 2.36. The van der Waals surface area contributed by atoms with E-state index in [0.717, 1.165) is 16.5 Å². The number of benzene rings is 2. The third kappa shape index (κ3) is 2.99. The Bertz CT molecular complexity index is 916. The van der Waals surface area contributed by atoms with Crippen LogP contribution >= 0.6 is 0 Å². The minimum absolute atomic E-state index is 0.204. The van der Waals surface area contributed by atoms with E-state index in [-0.39, 0.29) is 12.7 Å². The zero-order valence-corrected chi connectivity index (χ0v) is 14.4. The van der Waals surface area contributed by atoms with Gasteiger partial charge < -0.3 is 29.2 Å². The number of aromatic amines is 1. The van der Waals surface area contributed by atoms with E-state index < -0.39 is 0 Å². The number of carbonyl (C=O) groups excluding carboxylic acids is 1. The average Bonchev–Trinajstić information content (AvgIpc) is 3.29. The Morgan fingerprint density at radius 3 is 2.42 bits per heavy atom. The molecular weight excluding hydrogens is 336 g/mol. The topological polar surface area (TPSA) is 81.8 Å². The predicted molar refractivity (Wildman–Crippen MR) is 95.1 cm³/mol. The van der Waals surface area contributed by atoms with Crippen molar-refractivity contribution in [3.8, 4) is 23.0 Å². The molecule has 0 saturated heterocycles. The second-order valence-corrected chi connectivity index (χ2v) is 5.88. The van der Waals surface area contributed by atoms with Gasteiger partial charge in [0.2, 0.25) is 6.79 Å². The Morgan fingerprint density at radius 2 is 1.73 bits per heavy atom. The highest BCUT2D eigenvalue weighted by Gasteiger charge is 2.17. The number of fused-ring (bicyclic) bond motifs is 2. The van der Waals surface area contributed by atoms with Gasteiger partial charge >= 0.3 is 0 Å². The summed E-state index contributed by atoms with van der Waals surface area (Å²) in [5.41, 5.74) is 2.17. The smallest absolute Gasteiger partial charge is 0.267 e. The van der Waals surface area contributed by atoms with Crippen molar-refractivity contribution in [3.63, 3.8) is 0 Å². The fraction of sp³-hybridized carbons (Fsp3) is 0.211. The van der Waals surface area contributed by atoms with Crippen LogP contribution in [-0.4, -0.2) is 31.9 Å². The van der Waals surface area contributed by atoms with E-state index in [1.54, 1.807) is 26.4 Å². The summed E-state index contributed by atoms with van der Waals surface area (Å²) in [7, 11) is 3.18. The lowest BCUT2D eigenvalue weighted by atomic mass is 10.2. The molecule has 2 heterocycles. The maximum absolute atomic E-state index is 12.5. The molecule has 1 aliphatic rings. The molecular formula is C19H18N2O5. The molecule has 0 fully saturated rings. The van der Waals surface area contributed by atoms with Crippen molar-refractivity contribution >= 4 is 16.8 Å². The van der Waals surface area contributed by atoms with Crippen LogP contribution in [-0.2, 0) is 6.54 Å². The average molecular weight is 354 g/mol. The molecule has 26 heavy (non-hydrogen) atoms. The molecule has 2 aromatic carbocycles. The number of methoxy groups -OCH3 is 2. The van der Waals surface area contributed by atoms with Gasteiger partial charge in [-0.05, 0) is 29.8 Å². The number of ether oxygens (including phenoxy) is 4. The molecule has 3 aromatic rings. The Labute approximate surface area is 149 Å². The van der Waals surface area contributed by atoms with Crippen molar-refractivity contribution in [3.05, 3.63) is 47.7 Å². The van der Waals surface area contributed by atoms with Gasteiger partial charge in [-0.15, -0.1) is 0 Å². The summed E-state index contributed by atoms with van der Waals surface area (Å²) < 4.78 is 21.2. The minimum Gasteiger partial charge on any atom is -0.497 e. The largest absolute Gasteiger partial charge is 0.497 e. The number of aromatic nitrogens is 1. The van der Waals surface area contributed by atoms with Crippen molar-refractivity contribution in [1.82, 2.24) is 10.3 Å². The summed E-state index contributed by atoms with van der Waals surface area (Å²) in [4.78, 5) is 15.6. The second-order valence-electron chi connectivity index (χ2n) is 5.88. The van der Waals surface area contributed by atoms with Crippen molar-refractivity contribution in [2.75, 3.05) is 21.0 Å². The molecule has 1 aromatic heterocycles. The van der Waals surface area contributed by atoms with Gasteiger partial charge in [0.05, 0.1) is 14.2 Å². The molecule has 0 atom stereocenters. The first-order valence-corrected chi connectivity index (χ1v) is 8.09. The number of rotatable bonds is 5. The van der Waals surface area contributed by atoms with Crippen LogP contribution in [0.1, 0.15) is 16.1 Å². The summed E-state index contributed by atoms with van der Waals surface area (Å²) in [6.07, 6.45) is 0. The molecule has 0 saturated carbocycles. The highest BCUT2D eigenvalue weighted by molar-refractivity contribution is 5.98. The summed E-state index contributed by atoms with van der Waals surface area (Å²) in [6, 6.07) is 11.0. The van der Waals surface area contributed by atoms with Crippen LogP contribution in [0.5, 0.6) is 23.0 Å². The van der Waals surface area contributed by atoms with Gasteiger partial charge in [-0.25, -0.2) is 0 Å². The zero-order valence-electron chi connectivity index (χ0n) is 14.4. The number of hydrogen-bond donors (Lipinski definition) is 2. The van der Waals surface area contributed by atoms with Crippen LogP contribution in [0.15, 0.2) is 36.4 Å². The SMILES string of the molecule is COc1cc(CNC(=O)c2cc3cc4c(cc3[nH]2)OCO4)cc(OC)c1. The molecule has 1 amide bonds. The fourth-order valence-corrected chi connectivity index (χ4v) is 2.89. The molecule has 7 nitrogen and oxygen atoms in total. The summed E-state index contributed by atoms with van der Waals surface area (Å²) >= 11 is 0. The molecule has 134 valence electrons. The molecule has 0 aliphatic carbocycles. The monoisotopic (exact) mass is 354 g/mol. The van der Waals surface area contributed by atoms with E-state index in [9.17, 15) is 4.79 Å². The van der Waals surface area contributed by atoms with E-state index in [4.69, 9.17) is 18.9 Å². The number of nitrogens with one attached hydrogen (secondary N) is 2. The molecule has 0 unspecified atom stereocenters. The number of amides is 1. The molecule has 7 heteroatoms. The van der Waals surface area contributed by atoms with E-state index in [2.05, 4.69) is 10.3 Å². The Balaban J connectivity index is 1.51. The van der Waals surface area contributed by atoms with E-state index >= 15 is 0 Å². The van der Waals surface area contributed by atoms with Crippen molar-refractivity contribution < 1.29 is 23.7 Å². The third-order valence-electron chi connectivity index (χ3n) is 4.22. The molecule has 0 radical (unpaired) electrons. The predicted octanol–water partition coefficient (Wildman–Crippen LogP) is 2.84. The summed E-state index contributed by atoms with van der Waals surface area (Å²) in [6.45, 7) is 0.573. The summed E-state index contributed by atoms with van der Waals surface area (Å²) in [5.74, 6) is 2.51. The lowest BCUT2D eigenvalue weighted by Crippen LogP contribution is -2.23. The van der Waals surface area contributed by atoms with Gasteiger partial charge in [0.15, 0.2) is 11.5 Å². The van der Waals surface area contributed by atoms with Gasteiger partial charge in [-0.3, -0.25) is 4.79 Å². The normalized spacial score (nSPS) is 12.2. The highest BCUT2D eigenvalue weighted by atomic mass is 16.7. The van der Waals surface area contributed by atoms with Gasteiger partial charge in [-0.1, -0.05) is 0 Å². The lowest BCUT2D eigenvalue weighted by molar-refractivity contribution is 0.0946. The first-order valence-electron chi connectivity index (χ1n) is 8.09. The first-order chi connectivity index (χ1) is 12.7. The van der Waals surface area contributed by atoms with Crippen LogP contribution in [0.25, 0.3) is 10.9 Å². The van der Waals surface area contributed by atoms with Crippen molar-refractivity contribution in [2.45, 2.75) is 6.54 Å². The maximum atomic E-state index is 12.5. The molecule has 0 spiro atoms. The summed E-state index contributed by atoms with van der Waals surface area (Å²) in [5, 5.41) is 3.78. The van der Waals surface area contributed by atoms with Crippen LogP contribution in [0.4, 0.5) is 0 Å². The van der Waals surface area contributed by atoms with Crippen LogP contribution < -0.4 is 24.3 Å². The molecule has 1 aliphatic heterocycles. The third-order valence-corrected chi connectivity index (χ3v) is 4.22. The fourth-order valence-electron chi connectivity index (χ4n) is 2.89. The van der Waals surface area contributed by atoms with Crippen LogP contribution in [0.3, 0.4) is 0 Å². The van der Waals surface area contributed by atoms with Crippen molar-refractivity contribution in [2.24, 2.45) is 0 Å². The number of carbonyl (C=O) groups is 1. The molecule has 4 rings (SSSR count). The van der Waals surface area contributed by atoms with Crippen molar-refractivity contribution in [1.29, 1.82) is 0 Å². The van der Waals surface area contributed by atoms with E-state index in [0.29, 0.717) is 35.2 Å². The minimum atomic E-state index is -0.204. The van der Waals surface area contributed by atoms with E-state index in [1.165, 1.54) is 0 Å². The van der Waals surface area contributed by atoms with Crippen LogP contribution in [0.2, 0.25) is 0 Å². The van der Waals surface area contributed by atoms with Gasteiger partial charge in [-0.2, -0.15) is 0 Å². The maximum Gasteiger partial charge on any atom is 0.267 e. The quantitative estimate of drug-likeness (QED) is 0.736. The Kier molecular flexibility index (Phi) is 4.04. The van der Waals surface area contributed by atoms with Gasteiger partial charge in [0.1, 0.15) is 17.2 Å². The lowest BCUT2D eigenvalue weighted by Gasteiger charge is -2.09. The Hall–Kier alpha value is -3.35. The molecule has 2 N–H and O–H groups in total. The molecule has 0 bridgehead atoms. The van der Waals surface area contributed by atoms with Gasteiger partial charge in [0.25, 0.3) is 5.91 Å². The Morgan fingerprint density at radius 1 is 1.04 bits per heavy atom. The number of hydrogen-bond acceptors (Lipinski definition) is 5. The standard InChI is InChI=1S/C19H18N2O5/c1-23-13-3-11(4-14(7-13)24-2)9-20-19(22)16-5-12-6-17-18(26-10-25-17)8-15(12)21-16/h3-8,21H,9-10H2,1-2H3,(H,20,22).